The van der Waals surface area contributed by atoms with Crippen LogP contribution in [0, 0.1) is 0 Å². The highest BCUT2D eigenvalue weighted by atomic mass is 32.1. The van der Waals surface area contributed by atoms with Crippen LogP contribution in [0.15, 0.2) is 41.8 Å². The zero-order chi connectivity index (χ0) is 12.4. The van der Waals surface area contributed by atoms with E-state index in [9.17, 15) is 0 Å². The molecule has 3 heteroatoms. The van der Waals surface area contributed by atoms with Crippen molar-refractivity contribution in [3.63, 3.8) is 0 Å². The molecule has 18 heavy (non-hydrogen) atoms. The fourth-order valence-corrected chi connectivity index (χ4v) is 3.27. The second kappa shape index (κ2) is 5.12. The molecule has 1 aromatic carbocycles. The lowest BCUT2D eigenvalue weighted by Crippen LogP contribution is -2.28. The molecule has 2 nitrogen and oxygen atoms in total. The maximum absolute atomic E-state index is 6.12. The Labute approximate surface area is 112 Å². The molecule has 0 bridgehead atoms. The lowest BCUT2D eigenvalue weighted by Gasteiger charge is -2.32. The minimum Gasteiger partial charge on any atom is -0.484 e. The predicted molar refractivity (Wildman–Crippen MR) is 75.2 cm³/mol. The van der Waals surface area contributed by atoms with E-state index in [2.05, 4.69) is 48.0 Å². The van der Waals surface area contributed by atoms with Gasteiger partial charge in [0.2, 0.25) is 0 Å². The number of thiophene rings is 1. The van der Waals surface area contributed by atoms with E-state index >= 15 is 0 Å². The van der Waals surface area contributed by atoms with Crippen LogP contribution in [0.2, 0.25) is 0 Å². The number of benzene rings is 1. The van der Waals surface area contributed by atoms with Crippen LogP contribution in [0.5, 0.6) is 5.75 Å². The smallest absolute Gasteiger partial charge is 0.135 e. The van der Waals surface area contributed by atoms with E-state index in [-0.39, 0.29) is 6.10 Å². The minimum absolute atomic E-state index is 0.184. The van der Waals surface area contributed by atoms with E-state index < -0.39 is 0 Å². The number of fused-ring (bicyclic) bond motifs is 1. The number of rotatable bonds is 3. The van der Waals surface area contributed by atoms with Crippen molar-refractivity contribution in [1.82, 2.24) is 5.32 Å². The lowest BCUT2D eigenvalue weighted by atomic mass is 9.96. The van der Waals surface area contributed by atoms with Crippen molar-refractivity contribution in [2.45, 2.75) is 25.5 Å². The summed E-state index contributed by atoms with van der Waals surface area (Å²) in [6, 6.07) is 13.0. The maximum Gasteiger partial charge on any atom is 0.135 e. The highest BCUT2D eigenvalue weighted by Gasteiger charge is 2.28. The largest absolute Gasteiger partial charge is 0.484 e. The van der Waals surface area contributed by atoms with Crippen LogP contribution < -0.4 is 10.1 Å². The Bertz CT molecular complexity index is 509. The summed E-state index contributed by atoms with van der Waals surface area (Å²) < 4.78 is 6.12. The molecule has 1 N–H and O–H groups in total. The second-order valence-corrected chi connectivity index (χ2v) is 5.48. The molecule has 0 saturated carbocycles. The van der Waals surface area contributed by atoms with Crippen molar-refractivity contribution in [3.05, 3.63) is 52.2 Å². The number of hydrogen-bond acceptors (Lipinski definition) is 3. The van der Waals surface area contributed by atoms with Gasteiger partial charge in [0.05, 0.1) is 0 Å². The lowest BCUT2D eigenvalue weighted by molar-refractivity contribution is 0.155. The van der Waals surface area contributed by atoms with Gasteiger partial charge in [-0.1, -0.05) is 31.2 Å². The van der Waals surface area contributed by atoms with Crippen LogP contribution >= 0.6 is 11.3 Å². The van der Waals surface area contributed by atoms with Crippen LogP contribution in [0.3, 0.4) is 0 Å². The molecule has 0 aliphatic carbocycles. The van der Waals surface area contributed by atoms with E-state index in [0.717, 1.165) is 18.7 Å². The third kappa shape index (κ3) is 2.16. The Morgan fingerprint density at radius 3 is 2.94 bits per heavy atom. The SMILES string of the molecule is CCNC1CC(c2cccs2)Oc2ccccc21. The molecule has 2 aromatic rings. The predicted octanol–water partition coefficient (Wildman–Crippen LogP) is 3.92. The molecule has 1 aromatic heterocycles. The molecule has 0 fully saturated rings. The first-order valence-corrected chi connectivity index (χ1v) is 7.29. The number of para-hydroxylation sites is 1. The van der Waals surface area contributed by atoms with Crippen LogP contribution in [0.1, 0.15) is 35.9 Å². The fraction of sp³-hybridized carbons (Fsp3) is 0.333. The summed E-state index contributed by atoms with van der Waals surface area (Å²) in [5.74, 6) is 1.02. The third-order valence-electron chi connectivity index (χ3n) is 3.32. The first kappa shape index (κ1) is 11.8. The van der Waals surface area contributed by atoms with Crippen molar-refractivity contribution >= 4 is 11.3 Å². The van der Waals surface area contributed by atoms with Crippen molar-refractivity contribution in [2.75, 3.05) is 6.54 Å². The topological polar surface area (TPSA) is 21.3 Å². The summed E-state index contributed by atoms with van der Waals surface area (Å²) >= 11 is 1.77. The third-order valence-corrected chi connectivity index (χ3v) is 4.29. The number of hydrogen-bond donors (Lipinski definition) is 1. The highest BCUT2D eigenvalue weighted by Crippen LogP contribution is 2.41. The average Bonchev–Trinajstić information content (AvgIpc) is 2.93. The second-order valence-electron chi connectivity index (χ2n) is 4.51. The summed E-state index contributed by atoms with van der Waals surface area (Å²) in [6.45, 7) is 3.13. The Morgan fingerprint density at radius 2 is 2.17 bits per heavy atom. The van der Waals surface area contributed by atoms with Crippen LogP contribution in [0.4, 0.5) is 0 Å². The van der Waals surface area contributed by atoms with E-state index in [0.29, 0.717) is 6.04 Å². The molecule has 1 aliphatic heterocycles. The van der Waals surface area contributed by atoms with Gasteiger partial charge in [-0.2, -0.15) is 0 Å². The summed E-state index contributed by atoms with van der Waals surface area (Å²) in [5.41, 5.74) is 1.28. The normalized spacial score (nSPS) is 22.3. The van der Waals surface area contributed by atoms with Gasteiger partial charge < -0.3 is 10.1 Å². The molecule has 2 atom stereocenters. The molecule has 0 saturated heterocycles. The van der Waals surface area contributed by atoms with Gasteiger partial charge in [0, 0.05) is 22.9 Å². The van der Waals surface area contributed by atoms with Crippen LogP contribution in [-0.4, -0.2) is 6.54 Å². The van der Waals surface area contributed by atoms with Crippen molar-refractivity contribution in [1.29, 1.82) is 0 Å². The Hall–Kier alpha value is -1.32. The van der Waals surface area contributed by atoms with E-state index in [1.54, 1.807) is 11.3 Å². The summed E-state index contributed by atoms with van der Waals surface area (Å²) in [4.78, 5) is 1.31. The Kier molecular flexibility index (Phi) is 3.35. The summed E-state index contributed by atoms with van der Waals surface area (Å²) in [5, 5.41) is 5.67. The van der Waals surface area contributed by atoms with Gasteiger partial charge in [0.25, 0.3) is 0 Å². The van der Waals surface area contributed by atoms with E-state index in [1.807, 2.05) is 6.07 Å². The molecular formula is C15H17NOS. The fourth-order valence-electron chi connectivity index (χ4n) is 2.51. The quantitative estimate of drug-likeness (QED) is 0.902. The standard InChI is InChI=1S/C15H17NOS/c1-2-16-12-10-14(15-8-5-9-18-15)17-13-7-4-3-6-11(12)13/h3-9,12,14,16H,2,10H2,1H3. The first-order valence-electron chi connectivity index (χ1n) is 6.41. The van der Waals surface area contributed by atoms with Gasteiger partial charge in [0.15, 0.2) is 0 Å². The maximum atomic E-state index is 6.12. The first-order chi connectivity index (χ1) is 8.88. The van der Waals surface area contributed by atoms with Gasteiger partial charge in [-0.25, -0.2) is 0 Å². The number of nitrogens with one attached hydrogen (secondary N) is 1. The van der Waals surface area contributed by atoms with Gasteiger partial charge in [-0.3, -0.25) is 0 Å². The van der Waals surface area contributed by atoms with Gasteiger partial charge in [0.1, 0.15) is 11.9 Å². The van der Waals surface area contributed by atoms with Gasteiger partial charge >= 0.3 is 0 Å². The van der Waals surface area contributed by atoms with Crippen LogP contribution in [-0.2, 0) is 0 Å². The van der Waals surface area contributed by atoms with Gasteiger partial charge in [-0.15, -0.1) is 11.3 Å². The molecule has 3 rings (SSSR count). The van der Waals surface area contributed by atoms with E-state index in [4.69, 9.17) is 4.74 Å². The summed E-state index contributed by atoms with van der Waals surface area (Å²) in [6.07, 6.45) is 1.19. The molecule has 2 heterocycles. The Morgan fingerprint density at radius 1 is 1.28 bits per heavy atom. The van der Waals surface area contributed by atoms with Crippen molar-refractivity contribution in [3.8, 4) is 5.75 Å². The summed E-state index contributed by atoms with van der Waals surface area (Å²) in [7, 11) is 0. The Balaban J connectivity index is 1.92. The molecule has 1 aliphatic rings. The van der Waals surface area contributed by atoms with Gasteiger partial charge in [-0.05, 0) is 24.1 Å². The molecule has 0 amide bonds. The van der Waals surface area contributed by atoms with E-state index in [1.165, 1.54) is 10.4 Å². The van der Waals surface area contributed by atoms with Crippen molar-refractivity contribution in [2.24, 2.45) is 0 Å². The van der Waals surface area contributed by atoms with Crippen LogP contribution in [0.25, 0.3) is 0 Å². The molecule has 94 valence electrons. The zero-order valence-electron chi connectivity index (χ0n) is 10.4. The van der Waals surface area contributed by atoms with Crippen molar-refractivity contribution < 1.29 is 4.74 Å². The zero-order valence-corrected chi connectivity index (χ0v) is 11.2. The molecule has 0 spiro atoms. The minimum atomic E-state index is 0.184. The monoisotopic (exact) mass is 259 g/mol. The molecule has 0 radical (unpaired) electrons. The average molecular weight is 259 g/mol. The molecule has 2 unspecified atom stereocenters. The number of ether oxygens (including phenoxy) is 1. The highest BCUT2D eigenvalue weighted by molar-refractivity contribution is 7.10. The molecular weight excluding hydrogens is 242 g/mol.